The van der Waals surface area contributed by atoms with Gasteiger partial charge in [0.25, 0.3) is 11.6 Å². The molecule has 2 rings (SSSR count). The first-order chi connectivity index (χ1) is 9.72. The van der Waals surface area contributed by atoms with Crippen molar-refractivity contribution in [3.8, 4) is 0 Å². The zero-order valence-corrected chi connectivity index (χ0v) is 12.0. The molecule has 0 aromatic heterocycles. The molecule has 7 heteroatoms. The summed E-state index contributed by atoms with van der Waals surface area (Å²) in [7, 11) is 0. The minimum atomic E-state index is -0.903. The van der Waals surface area contributed by atoms with Crippen molar-refractivity contribution in [2.75, 3.05) is 5.73 Å². The van der Waals surface area contributed by atoms with Crippen LogP contribution < -0.4 is 11.1 Å². The second-order valence-corrected chi connectivity index (χ2v) is 6.05. The highest BCUT2D eigenvalue weighted by molar-refractivity contribution is 5.99. The summed E-state index contributed by atoms with van der Waals surface area (Å²) in [6.45, 7) is 4.08. The van der Waals surface area contributed by atoms with E-state index in [-0.39, 0.29) is 22.7 Å². The molecule has 0 aliphatic heterocycles. The van der Waals surface area contributed by atoms with E-state index in [1.165, 1.54) is 0 Å². The minimum Gasteiger partial charge on any atom is -0.396 e. The maximum absolute atomic E-state index is 13.3. The van der Waals surface area contributed by atoms with Crippen molar-refractivity contribution in [3.63, 3.8) is 0 Å². The zero-order chi connectivity index (χ0) is 15.8. The molecule has 1 aliphatic rings. The average Bonchev–Trinajstić information content (AvgIpc) is 2.71. The van der Waals surface area contributed by atoms with Gasteiger partial charge in [-0.15, -0.1) is 0 Å². The molecule has 21 heavy (non-hydrogen) atoms. The van der Waals surface area contributed by atoms with Gasteiger partial charge >= 0.3 is 0 Å². The Kier molecular flexibility index (Phi) is 3.85. The number of nitro benzene ring substituents is 1. The molecule has 1 fully saturated rings. The van der Waals surface area contributed by atoms with Crippen LogP contribution in [-0.2, 0) is 0 Å². The molecule has 0 radical (unpaired) electrons. The van der Waals surface area contributed by atoms with E-state index < -0.39 is 22.3 Å². The van der Waals surface area contributed by atoms with Gasteiger partial charge in [-0.3, -0.25) is 14.9 Å². The Labute approximate surface area is 121 Å². The second kappa shape index (κ2) is 5.31. The zero-order valence-electron chi connectivity index (χ0n) is 12.0. The van der Waals surface area contributed by atoms with Crippen molar-refractivity contribution in [1.29, 1.82) is 0 Å². The Hall–Kier alpha value is -2.18. The van der Waals surface area contributed by atoms with Gasteiger partial charge in [0.2, 0.25) is 0 Å². The first-order valence-electron chi connectivity index (χ1n) is 6.76. The van der Waals surface area contributed by atoms with Crippen LogP contribution in [0.1, 0.15) is 43.5 Å². The number of hydrogen-bond acceptors (Lipinski definition) is 4. The minimum absolute atomic E-state index is 0.0594. The third kappa shape index (κ3) is 2.96. The average molecular weight is 295 g/mol. The molecule has 114 valence electrons. The normalized spacial score (nSPS) is 20.2. The number of hydrogen-bond donors (Lipinski definition) is 2. The van der Waals surface area contributed by atoms with E-state index in [4.69, 9.17) is 5.73 Å². The predicted octanol–water partition coefficient (Wildman–Crippen LogP) is 2.62. The quantitative estimate of drug-likeness (QED) is 0.508. The lowest BCUT2D eigenvalue weighted by atomic mass is 9.87. The number of halogens is 1. The number of nitrogens with one attached hydrogen (secondary N) is 1. The van der Waals surface area contributed by atoms with Gasteiger partial charge in [-0.05, 0) is 24.3 Å². The molecule has 1 atom stereocenters. The number of nitro groups is 1. The van der Waals surface area contributed by atoms with Crippen molar-refractivity contribution < 1.29 is 14.1 Å². The van der Waals surface area contributed by atoms with Crippen molar-refractivity contribution in [2.24, 2.45) is 5.41 Å². The van der Waals surface area contributed by atoms with Crippen molar-refractivity contribution in [1.82, 2.24) is 5.32 Å². The number of nitrogens with two attached hydrogens (primary N) is 1. The van der Waals surface area contributed by atoms with Crippen LogP contribution >= 0.6 is 0 Å². The molecule has 1 amide bonds. The molecule has 1 saturated carbocycles. The highest BCUT2D eigenvalue weighted by Crippen LogP contribution is 2.37. The maximum Gasteiger partial charge on any atom is 0.285 e. The highest BCUT2D eigenvalue weighted by Gasteiger charge is 2.36. The summed E-state index contributed by atoms with van der Waals surface area (Å²) in [6.07, 6.45) is 2.79. The van der Waals surface area contributed by atoms with Gasteiger partial charge in [-0.2, -0.15) is 0 Å². The number of carbonyl (C=O) groups is 1. The summed E-state index contributed by atoms with van der Waals surface area (Å²) in [5, 5.41) is 13.8. The summed E-state index contributed by atoms with van der Waals surface area (Å²) in [5.74, 6) is -1.49. The summed E-state index contributed by atoms with van der Waals surface area (Å²) < 4.78 is 13.3. The lowest BCUT2D eigenvalue weighted by molar-refractivity contribution is -0.385. The molecule has 0 saturated heterocycles. The van der Waals surface area contributed by atoms with E-state index in [0.717, 1.165) is 25.3 Å². The van der Waals surface area contributed by atoms with Crippen molar-refractivity contribution in [3.05, 3.63) is 33.6 Å². The number of rotatable bonds is 3. The molecule has 0 spiro atoms. The maximum atomic E-state index is 13.3. The van der Waals surface area contributed by atoms with Gasteiger partial charge in [0, 0.05) is 6.04 Å². The molecular formula is C14H18FN3O3. The molecule has 1 aliphatic carbocycles. The van der Waals surface area contributed by atoms with Crippen LogP contribution in [0.2, 0.25) is 0 Å². The van der Waals surface area contributed by atoms with E-state index in [1.54, 1.807) is 0 Å². The summed E-state index contributed by atoms with van der Waals surface area (Å²) >= 11 is 0. The third-order valence-corrected chi connectivity index (χ3v) is 4.12. The topological polar surface area (TPSA) is 98.3 Å². The summed E-state index contributed by atoms with van der Waals surface area (Å²) in [4.78, 5) is 22.5. The smallest absolute Gasteiger partial charge is 0.285 e. The molecule has 1 aromatic carbocycles. The van der Waals surface area contributed by atoms with Crippen LogP contribution in [0.25, 0.3) is 0 Å². The van der Waals surface area contributed by atoms with Crippen LogP contribution in [0.5, 0.6) is 0 Å². The fourth-order valence-electron chi connectivity index (χ4n) is 2.74. The largest absolute Gasteiger partial charge is 0.396 e. The first kappa shape index (κ1) is 15.2. The number of anilines is 1. The molecule has 0 heterocycles. The predicted molar refractivity (Wildman–Crippen MR) is 76.4 cm³/mol. The Morgan fingerprint density at radius 2 is 2.19 bits per heavy atom. The van der Waals surface area contributed by atoms with Crippen LogP contribution in [0.4, 0.5) is 15.8 Å². The van der Waals surface area contributed by atoms with E-state index in [0.29, 0.717) is 6.07 Å². The molecule has 1 aromatic rings. The van der Waals surface area contributed by atoms with Crippen LogP contribution in [0, 0.1) is 21.3 Å². The van der Waals surface area contributed by atoms with Gasteiger partial charge in [0.05, 0.1) is 16.7 Å². The number of carbonyl (C=O) groups excluding carboxylic acids is 1. The van der Waals surface area contributed by atoms with Crippen molar-refractivity contribution >= 4 is 17.3 Å². The van der Waals surface area contributed by atoms with Crippen LogP contribution in [-0.4, -0.2) is 16.9 Å². The monoisotopic (exact) mass is 295 g/mol. The van der Waals surface area contributed by atoms with Gasteiger partial charge in [-0.1, -0.05) is 20.3 Å². The van der Waals surface area contributed by atoms with Crippen LogP contribution in [0.3, 0.4) is 0 Å². The molecule has 0 bridgehead atoms. The molecule has 1 unspecified atom stereocenters. The van der Waals surface area contributed by atoms with Crippen molar-refractivity contribution in [2.45, 2.75) is 39.2 Å². The van der Waals surface area contributed by atoms with Gasteiger partial charge in [0.1, 0.15) is 5.56 Å². The molecular weight excluding hydrogens is 277 g/mol. The Morgan fingerprint density at radius 1 is 1.52 bits per heavy atom. The highest BCUT2D eigenvalue weighted by atomic mass is 19.1. The third-order valence-electron chi connectivity index (χ3n) is 4.12. The Morgan fingerprint density at radius 3 is 2.71 bits per heavy atom. The second-order valence-electron chi connectivity index (χ2n) is 6.05. The SMILES string of the molecule is CC1(C)CCCC1NC(=O)c1cc(N)c(F)cc1[N+](=O)[O-]. The summed E-state index contributed by atoms with van der Waals surface area (Å²) in [6, 6.07) is 1.64. The fourth-order valence-corrected chi connectivity index (χ4v) is 2.74. The van der Waals surface area contributed by atoms with E-state index >= 15 is 0 Å². The van der Waals surface area contributed by atoms with Gasteiger partial charge < -0.3 is 11.1 Å². The first-order valence-corrected chi connectivity index (χ1v) is 6.76. The van der Waals surface area contributed by atoms with Gasteiger partial charge in [0.15, 0.2) is 5.82 Å². The molecule has 3 N–H and O–H groups in total. The van der Waals surface area contributed by atoms with Gasteiger partial charge in [-0.25, -0.2) is 4.39 Å². The lowest BCUT2D eigenvalue weighted by Crippen LogP contribution is -2.41. The van der Waals surface area contributed by atoms with E-state index in [1.807, 2.05) is 13.8 Å². The number of nitrogen functional groups attached to an aromatic ring is 1. The Balaban J connectivity index is 2.31. The van der Waals surface area contributed by atoms with E-state index in [2.05, 4.69) is 5.32 Å². The standard InChI is InChI=1S/C14H18FN3O3/c1-14(2)5-3-4-12(14)17-13(19)8-6-10(16)9(15)7-11(8)18(20)21/h6-7,12H,3-5,16H2,1-2H3,(H,17,19). The lowest BCUT2D eigenvalue weighted by Gasteiger charge is -2.27. The fraction of sp³-hybridized carbons (Fsp3) is 0.500. The molecule has 6 nitrogen and oxygen atoms in total. The number of amides is 1. The number of nitrogens with zero attached hydrogens (tertiary/aromatic N) is 1. The van der Waals surface area contributed by atoms with E-state index in [9.17, 15) is 19.3 Å². The van der Waals surface area contributed by atoms with Crippen LogP contribution in [0.15, 0.2) is 12.1 Å². The Bertz CT molecular complexity index is 601. The summed E-state index contributed by atoms with van der Waals surface area (Å²) in [5.41, 5.74) is 4.29. The number of benzene rings is 1.